The fourth-order valence-electron chi connectivity index (χ4n) is 5.18. The molecule has 1 unspecified atom stereocenters. The first kappa shape index (κ1) is 32.0. The minimum absolute atomic E-state index is 0.135. The molecule has 7 heteroatoms. The highest BCUT2D eigenvalue weighted by Gasteiger charge is 2.45. The number of halogens is 1. The molecule has 38 heavy (non-hydrogen) atoms. The molecule has 1 aliphatic rings. The predicted molar refractivity (Wildman–Crippen MR) is 154 cm³/mol. The maximum Gasteiger partial charge on any atom is 0.258 e. The van der Waals surface area contributed by atoms with Crippen LogP contribution < -0.4 is 5.32 Å². The molecule has 1 aromatic carbocycles. The van der Waals surface area contributed by atoms with Gasteiger partial charge in [-0.1, -0.05) is 64.5 Å². The third-order valence-electron chi connectivity index (χ3n) is 8.01. The Morgan fingerprint density at radius 3 is 2.29 bits per heavy atom. The number of rotatable bonds is 16. The van der Waals surface area contributed by atoms with Crippen molar-refractivity contribution in [3.63, 3.8) is 0 Å². The van der Waals surface area contributed by atoms with E-state index in [2.05, 4.69) is 39.6 Å². The number of carbonyl (C=O) groups excluding carboxylic acids is 1. The van der Waals surface area contributed by atoms with E-state index in [9.17, 15) is 4.79 Å². The number of carbonyl (C=O) groups is 1. The summed E-state index contributed by atoms with van der Waals surface area (Å²) in [6.07, 6.45) is 5.24. The monoisotopic (exact) mass is 531 g/mol. The molecule has 0 saturated carbocycles. The molecule has 1 heterocycles. The lowest BCUT2D eigenvalue weighted by Crippen LogP contribution is -2.59. The SMILES string of the molecule is C=C(N=C(C)c1ccc(COCCOC)cc1)N1CCC(F)(C(=O)NC(C)(CC)C(CCC)CCC)CC1. The first-order valence-corrected chi connectivity index (χ1v) is 14.3. The largest absolute Gasteiger partial charge is 0.382 e. The van der Waals surface area contributed by atoms with Crippen molar-refractivity contribution in [2.75, 3.05) is 33.4 Å². The van der Waals surface area contributed by atoms with Crippen molar-refractivity contribution in [2.24, 2.45) is 10.9 Å². The maximum absolute atomic E-state index is 15.9. The van der Waals surface area contributed by atoms with Gasteiger partial charge in [0.25, 0.3) is 5.91 Å². The van der Waals surface area contributed by atoms with Gasteiger partial charge in [0.05, 0.1) is 19.8 Å². The topological polar surface area (TPSA) is 63.2 Å². The average Bonchev–Trinajstić information content (AvgIpc) is 2.91. The number of aliphatic imine (C=N–C) groups is 1. The van der Waals surface area contributed by atoms with E-state index in [0.717, 1.165) is 48.9 Å². The Balaban J connectivity index is 1.95. The highest BCUT2D eigenvalue weighted by molar-refractivity contribution is 5.99. The molecule has 1 N–H and O–H groups in total. The van der Waals surface area contributed by atoms with E-state index >= 15 is 4.39 Å². The van der Waals surface area contributed by atoms with Gasteiger partial charge in [0.15, 0.2) is 5.67 Å². The van der Waals surface area contributed by atoms with Crippen LogP contribution in [0.5, 0.6) is 0 Å². The second-order valence-electron chi connectivity index (χ2n) is 10.8. The quantitative estimate of drug-likeness (QED) is 0.197. The van der Waals surface area contributed by atoms with Gasteiger partial charge in [-0.2, -0.15) is 0 Å². The number of methoxy groups -OCH3 is 1. The highest BCUT2D eigenvalue weighted by Crippen LogP contribution is 2.33. The smallest absolute Gasteiger partial charge is 0.258 e. The number of nitrogens with one attached hydrogen (secondary N) is 1. The molecule has 1 aliphatic heterocycles. The second kappa shape index (κ2) is 15.4. The number of likely N-dealkylation sites (tertiary alicyclic amines) is 1. The molecule has 214 valence electrons. The van der Waals surface area contributed by atoms with Gasteiger partial charge in [-0.15, -0.1) is 0 Å². The van der Waals surface area contributed by atoms with E-state index in [-0.39, 0.29) is 12.8 Å². The van der Waals surface area contributed by atoms with Gasteiger partial charge >= 0.3 is 0 Å². The van der Waals surface area contributed by atoms with Crippen LogP contribution >= 0.6 is 0 Å². The summed E-state index contributed by atoms with van der Waals surface area (Å²) >= 11 is 0. The highest BCUT2D eigenvalue weighted by atomic mass is 19.1. The van der Waals surface area contributed by atoms with Crippen molar-refractivity contribution in [1.29, 1.82) is 0 Å². The minimum atomic E-state index is -1.86. The molecule has 0 aliphatic carbocycles. The summed E-state index contributed by atoms with van der Waals surface area (Å²) in [5, 5.41) is 3.15. The molecular weight excluding hydrogens is 481 g/mol. The van der Waals surface area contributed by atoms with Crippen LogP contribution in [0, 0.1) is 5.92 Å². The minimum Gasteiger partial charge on any atom is -0.382 e. The summed E-state index contributed by atoms with van der Waals surface area (Å²) < 4.78 is 26.4. The van der Waals surface area contributed by atoms with Crippen molar-refractivity contribution >= 4 is 11.6 Å². The molecule has 0 spiro atoms. The zero-order valence-corrected chi connectivity index (χ0v) is 24.6. The first-order chi connectivity index (χ1) is 18.1. The van der Waals surface area contributed by atoms with Gasteiger partial charge < -0.3 is 19.7 Å². The van der Waals surface area contributed by atoms with Gasteiger partial charge in [-0.3, -0.25) is 4.79 Å². The molecule has 6 nitrogen and oxygen atoms in total. The molecule has 2 rings (SSSR count). The number of hydrogen-bond acceptors (Lipinski definition) is 5. The van der Waals surface area contributed by atoms with Crippen LogP contribution in [0.3, 0.4) is 0 Å². The Labute approximate surface area is 230 Å². The van der Waals surface area contributed by atoms with Crippen molar-refractivity contribution < 1.29 is 18.7 Å². The number of amides is 1. The van der Waals surface area contributed by atoms with Crippen molar-refractivity contribution in [3.8, 4) is 0 Å². The standard InChI is InChI=1S/C31H50FN3O3/c1-8-11-28(12-9-2)30(6,10-3)34-29(36)31(32)17-19-35(20-18-31)25(5)33-24(4)27-15-13-26(14-16-27)23-38-22-21-37-7/h13-16,28H,5,8-12,17-23H2,1-4,6-7H3,(H,34,36). The third-order valence-corrected chi connectivity index (χ3v) is 8.01. The fourth-order valence-corrected chi connectivity index (χ4v) is 5.18. The number of ether oxygens (including phenoxy) is 2. The summed E-state index contributed by atoms with van der Waals surface area (Å²) in [5.41, 5.74) is 0.662. The zero-order chi connectivity index (χ0) is 28.2. The molecule has 0 bridgehead atoms. The fraction of sp³-hybridized carbons (Fsp3) is 0.677. The average molecular weight is 532 g/mol. The van der Waals surface area contributed by atoms with Crippen LogP contribution in [0.15, 0.2) is 41.7 Å². The number of piperidine rings is 1. The Morgan fingerprint density at radius 2 is 1.76 bits per heavy atom. The summed E-state index contributed by atoms with van der Waals surface area (Å²) in [4.78, 5) is 19.9. The molecule has 1 aromatic rings. The van der Waals surface area contributed by atoms with Crippen LogP contribution in [-0.2, 0) is 20.9 Å². The van der Waals surface area contributed by atoms with Crippen LogP contribution in [-0.4, -0.2) is 61.1 Å². The first-order valence-electron chi connectivity index (χ1n) is 14.3. The lowest BCUT2D eigenvalue weighted by atomic mass is 9.77. The van der Waals surface area contributed by atoms with E-state index in [1.807, 2.05) is 36.1 Å². The molecule has 0 aromatic heterocycles. The zero-order valence-electron chi connectivity index (χ0n) is 24.6. The van der Waals surface area contributed by atoms with Crippen LogP contribution in [0.4, 0.5) is 4.39 Å². The lowest BCUT2D eigenvalue weighted by Gasteiger charge is -2.42. The Morgan fingerprint density at radius 1 is 1.16 bits per heavy atom. The van der Waals surface area contributed by atoms with Crippen LogP contribution in [0.25, 0.3) is 0 Å². The number of benzene rings is 1. The molecule has 1 amide bonds. The second-order valence-corrected chi connectivity index (χ2v) is 10.8. The number of hydrogen-bond donors (Lipinski definition) is 1. The Kier molecular flexibility index (Phi) is 12.9. The van der Waals surface area contributed by atoms with Crippen molar-refractivity contribution in [1.82, 2.24) is 10.2 Å². The predicted octanol–water partition coefficient (Wildman–Crippen LogP) is 6.44. The summed E-state index contributed by atoms with van der Waals surface area (Å²) in [5.74, 6) is 0.487. The number of nitrogens with zero attached hydrogens (tertiary/aromatic N) is 2. The van der Waals surface area contributed by atoms with Gasteiger partial charge in [-0.05, 0) is 50.2 Å². The molecular formula is C31H50FN3O3. The van der Waals surface area contributed by atoms with Gasteiger partial charge in [-0.25, -0.2) is 9.38 Å². The van der Waals surface area contributed by atoms with Crippen LogP contribution in [0.2, 0.25) is 0 Å². The van der Waals surface area contributed by atoms with E-state index in [1.165, 1.54) is 0 Å². The third kappa shape index (κ3) is 8.91. The summed E-state index contributed by atoms with van der Waals surface area (Å²) in [6.45, 7) is 17.1. The number of alkyl halides is 1. The van der Waals surface area contributed by atoms with Gasteiger partial charge in [0.2, 0.25) is 0 Å². The van der Waals surface area contributed by atoms with Gasteiger partial charge in [0, 0.05) is 44.3 Å². The maximum atomic E-state index is 15.9. The lowest BCUT2D eigenvalue weighted by molar-refractivity contribution is -0.138. The van der Waals surface area contributed by atoms with E-state index in [0.29, 0.717) is 44.6 Å². The van der Waals surface area contributed by atoms with Crippen LogP contribution in [0.1, 0.15) is 90.7 Å². The van der Waals surface area contributed by atoms with Crippen molar-refractivity contribution in [3.05, 3.63) is 47.8 Å². The molecule has 1 saturated heterocycles. The molecule has 1 fully saturated rings. The molecule has 1 atom stereocenters. The van der Waals surface area contributed by atoms with E-state index in [4.69, 9.17) is 14.5 Å². The van der Waals surface area contributed by atoms with Gasteiger partial charge in [0.1, 0.15) is 5.82 Å². The Bertz CT molecular complexity index is 903. The molecule has 0 radical (unpaired) electrons. The van der Waals surface area contributed by atoms with E-state index in [1.54, 1.807) is 7.11 Å². The van der Waals surface area contributed by atoms with E-state index < -0.39 is 17.1 Å². The summed E-state index contributed by atoms with van der Waals surface area (Å²) in [6, 6.07) is 8.08. The van der Waals surface area contributed by atoms with Crippen molar-refractivity contribution in [2.45, 2.75) is 97.4 Å². The summed E-state index contributed by atoms with van der Waals surface area (Å²) in [7, 11) is 1.66. The Hall–Kier alpha value is -2.25. The normalized spacial score (nSPS) is 17.4.